The van der Waals surface area contributed by atoms with E-state index >= 15 is 0 Å². The van der Waals surface area contributed by atoms with Gasteiger partial charge in [-0.2, -0.15) is 10.4 Å². The van der Waals surface area contributed by atoms with Gasteiger partial charge >= 0.3 is 0 Å². The number of hydrazone groups is 1. The SMILES string of the molecule is COCc1c(Br)c(C)nc(OCC(=O)NN=Cc2ccc(O)cc2O)c1C#N. The van der Waals surface area contributed by atoms with Crippen molar-refractivity contribution in [3.8, 4) is 23.4 Å². The number of phenols is 2. The third-order valence-electron chi connectivity index (χ3n) is 3.51. The highest BCUT2D eigenvalue weighted by molar-refractivity contribution is 9.10. The molecule has 146 valence electrons. The zero-order chi connectivity index (χ0) is 20.7. The summed E-state index contributed by atoms with van der Waals surface area (Å²) < 4.78 is 11.1. The summed E-state index contributed by atoms with van der Waals surface area (Å²) >= 11 is 3.37. The predicted octanol–water partition coefficient (Wildman–Crippen LogP) is 2.11. The summed E-state index contributed by atoms with van der Waals surface area (Å²) in [5, 5.41) is 32.0. The largest absolute Gasteiger partial charge is 0.508 e. The van der Waals surface area contributed by atoms with E-state index in [1.807, 2.05) is 6.07 Å². The molecular formula is C18H17BrN4O5. The maximum Gasteiger partial charge on any atom is 0.278 e. The first-order valence-corrected chi connectivity index (χ1v) is 8.71. The number of nitriles is 1. The topological polar surface area (TPSA) is 137 Å². The average molecular weight is 449 g/mol. The lowest BCUT2D eigenvalue weighted by atomic mass is 10.1. The fraction of sp³-hybridized carbons (Fsp3) is 0.222. The Labute approximate surface area is 169 Å². The number of aromatic hydroxyl groups is 2. The van der Waals surface area contributed by atoms with E-state index in [4.69, 9.17) is 9.47 Å². The standard InChI is InChI=1S/C18H17BrN4O5/c1-10-17(19)14(8-27-2)13(6-20)18(22-10)28-9-16(26)23-21-7-11-3-4-12(24)5-15(11)25/h3-5,7,24-25H,8-9H2,1-2H3,(H,23,26). The Hall–Kier alpha value is -3.16. The Bertz CT molecular complexity index is 956. The molecule has 0 saturated heterocycles. The first-order chi connectivity index (χ1) is 13.4. The number of pyridine rings is 1. The molecule has 0 aliphatic heterocycles. The highest BCUT2D eigenvalue weighted by Gasteiger charge is 2.18. The molecule has 28 heavy (non-hydrogen) atoms. The van der Waals surface area contributed by atoms with Crippen LogP contribution in [0.2, 0.25) is 0 Å². The number of aryl methyl sites for hydroxylation is 1. The van der Waals surface area contributed by atoms with Gasteiger partial charge in [-0.25, -0.2) is 10.4 Å². The van der Waals surface area contributed by atoms with E-state index in [1.165, 1.54) is 25.5 Å². The number of aromatic nitrogens is 1. The molecule has 0 atom stereocenters. The van der Waals surface area contributed by atoms with Crippen LogP contribution in [0.4, 0.5) is 0 Å². The number of amides is 1. The third kappa shape index (κ3) is 5.18. The minimum atomic E-state index is -0.589. The van der Waals surface area contributed by atoms with Crippen LogP contribution >= 0.6 is 15.9 Å². The first-order valence-electron chi connectivity index (χ1n) is 7.92. The van der Waals surface area contributed by atoms with E-state index in [-0.39, 0.29) is 29.5 Å². The summed E-state index contributed by atoms with van der Waals surface area (Å²) in [5.41, 5.74) is 3.87. The van der Waals surface area contributed by atoms with E-state index in [0.29, 0.717) is 21.3 Å². The summed E-state index contributed by atoms with van der Waals surface area (Å²) in [7, 11) is 1.50. The molecule has 0 radical (unpaired) electrons. The number of hydrogen-bond acceptors (Lipinski definition) is 8. The molecule has 9 nitrogen and oxygen atoms in total. The van der Waals surface area contributed by atoms with Gasteiger partial charge in [-0.05, 0) is 35.0 Å². The molecule has 2 aromatic rings. The molecule has 0 unspecified atom stereocenters. The number of ether oxygens (including phenoxy) is 2. The molecule has 0 spiro atoms. The third-order valence-corrected chi connectivity index (χ3v) is 4.57. The van der Waals surface area contributed by atoms with E-state index in [0.717, 1.165) is 6.07 Å². The molecule has 3 N–H and O–H groups in total. The zero-order valence-electron chi connectivity index (χ0n) is 15.1. The predicted molar refractivity (Wildman–Crippen MR) is 103 cm³/mol. The lowest BCUT2D eigenvalue weighted by Gasteiger charge is -2.13. The molecule has 1 aromatic heterocycles. The van der Waals surface area contributed by atoms with Crippen molar-refractivity contribution in [1.29, 1.82) is 5.26 Å². The minimum Gasteiger partial charge on any atom is -0.508 e. The molecule has 0 aliphatic carbocycles. The lowest BCUT2D eigenvalue weighted by Crippen LogP contribution is -2.25. The summed E-state index contributed by atoms with van der Waals surface area (Å²) in [6.07, 6.45) is 1.21. The normalized spacial score (nSPS) is 10.6. The molecule has 0 aliphatic rings. The maximum absolute atomic E-state index is 11.9. The van der Waals surface area contributed by atoms with Gasteiger partial charge in [-0.1, -0.05) is 0 Å². The fourth-order valence-electron chi connectivity index (χ4n) is 2.20. The zero-order valence-corrected chi connectivity index (χ0v) is 16.6. The molecule has 0 fully saturated rings. The van der Waals surface area contributed by atoms with Crippen molar-refractivity contribution in [3.05, 3.63) is 45.1 Å². The van der Waals surface area contributed by atoms with Crippen molar-refractivity contribution < 1.29 is 24.5 Å². The quantitative estimate of drug-likeness (QED) is 0.435. The van der Waals surface area contributed by atoms with Gasteiger partial charge in [0.15, 0.2) is 6.61 Å². The number of carbonyl (C=O) groups is 1. The van der Waals surface area contributed by atoms with Crippen molar-refractivity contribution >= 4 is 28.1 Å². The summed E-state index contributed by atoms with van der Waals surface area (Å²) in [6, 6.07) is 5.96. The van der Waals surface area contributed by atoms with Crippen LogP contribution in [0.3, 0.4) is 0 Å². The lowest BCUT2D eigenvalue weighted by molar-refractivity contribution is -0.123. The molecule has 10 heteroatoms. The smallest absolute Gasteiger partial charge is 0.278 e. The molecular weight excluding hydrogens is 432 g/mol. The Balaban J connectivity index is 2.04. The van der Waals surface area contributed by atoms with Gasteiger partial charge in [0.1, 0.15) is 23.1 Å². The molecule has 0 bridgehead atoms. The van der Waals surface area contributed by atoms with Gasteiger partial charge < -0.3 is 19.7 Å². The number of phenolic OH excluding ortho intramolecular Hbond substituents is 2. The van der Waals surface area contributed by atoms with Gasteiger partial charge in [0.05, 0.1) is 18.5 Å². The van der Waals surface area contributed by atoms with Crippen LogP contribution in [0.15, 0.2) is 27.8 Å². The Morgan fingerprint density at radius 2 is 2.21 bits per heavy atom. The highest BCUT2D eigenvalue weighted by Crippen LogP contribution is 2.29. The Morgan fingerprint density at radius 3 is 2.86 bits per heavy atom. The number of rotatable bonds is 7. The second kappa shape index (κ2) is 9.68. The summed E-state index contributed by atoms with van der Waals surface area (Å²) in [4.78, 5) is 16.1. The number of hydrogen-bond donors (Lipinski definition) is 3. The molecule has 1 aromatic carbocycles. The summed E-state index contributed by atoms with van der Waals surface area (Å²) in [5.74, 6) is -0.849. The van der Waals surface area contributed by atoms with Crippen molar-refractivity contribution in [1.82, 2.24) is 10.4 Å². The Kier molecular flexibility index (Phi) is 7.31. The van der Waals surface area contributed by atoms with Crippen molar-refractivity contribution in [2.45, 2.75) is 13.5 Å². The van der Waals surface area contributed by atoms with Gasteiger partial charge in [-0.15, -0.1) is 0 Å². The van der Waals surface area contributed by atoms with Gasteiger partial charge in [0.25, 0.3) is 5.91 Å². The second-order valence-electron chi connectivity index (χ2n) is 5.54. The molecule has 1 heterocycles. The van der Waals surface area contributed by atoms with Crippen molar-refractivity contribution in [3.63, 3.8) is 0 Å². The van der Waals surface area contributed by atoms with Gasteiger partial charge in [0, 0.05) is 28.8 Å². The first kappa shape index (κ1) is 21.1. The van der Waals surface area contributed by atoms with Crippen LogP contribution < -0.4 is 10.2 Å². The van der Waals surface area contributed by atoms with Crippen molar-refractivity contribution in [2.24, 2.45) is 5.10 Å². The fourth-order valence-corrected chi connectivity index (χ4v) is 2.60. The van der Waals surface area contributed by atoms with Crippen molar-refractivity contribution in [2.75, 3.05) is 13.7 Å². The van der Waals surface area contributed by atoms with Gasteiger partial charge in [0.2, 0.25) is 5.88 Å². The second-order valence-corrected chi connectivity index (χ2v) is 6.33. The number of halogens is 1. The van der Waals surface area contributed by atoms with Crippen LogP contribution in [-0.2, 0) is 16.1 Å². The number of methoxy groups -OCH3 is 1. The van der Waals surface area contributed by atoms with Crippen LogP contribution in [0, 0.1) is 18.3 Å². The molecule has 2 rings (SSSR count). The van der Waals surface area contributed by atoms with E-state index < -0.39 is 12.5 Å². The monoisotopic (exact) mass is 448 g/mol. The van der Waals surface area contributed by atoms with Crippen LogP contribution in [0.25, 0.3) is 0 Å². The number of nitrogens with one attached hydrogen (secondary N) is 1. The van der Waals surface area contributed by atoms with E-state index in [9.17, 15) is 20.3 Å². The number of carbonyl (C=O) groups excluding carboxylic acids is 1. The van der Waals surface area contributed by atoms with Gasteiger partial charge in [-0.3, -0.25) is 4.79 Å². The van der Waals surface area contributed by atoms with Crippen LogP contribution in [0.5, 0.6) is 17.4 Å². The van der Waals surface area contributed by atoms with Crippen LogP contribution in [-0.4, -0.2) is 41.0 Å². The summed E-state index contributed by atoms with van der Waals surface area (Å²) in [6.45, 7) is 1.48. The minimum absolute atomic E-state index is 0.0190. The molecule has 0 saturated carbocycles. The number of benzene rings is 1. The molecule has 1 amide bonds. The maximum atomic E-state index is 11.9. The number of nitrogens with zero attached hydrogens (tertiary/aromatic N) is 3. The van der Waals surface area contributed by atoms with E-state index in [1.54, 1.807) is 6.92 Å². The van der Waals surface area contributed by atoms with E-state index in [2.05, 4.69) is 31.4 Å². The average Bonchev–Trinajstić information content (AvgIpc) is 2.66. The Morgan fingerprint density at radius 1 is 1.46 bits per heavy atom. The van der Waals surface area contributed by atoms with Crippen LogP contribution in [0.1, 0.15) is 22.4 Å². The highest BCUT2D eigenvalue weighted by atomic mass is 79.9.